The molecule has 1 N–H and O–H groups in total. The first-order valence-corrected chi connectivity index (χ1v) is 10.2. The van der Waals surface area contributed by atoms with Crippen LogP contribution >= 0.6 is 11.6 Å². The summed E-state index contributed by atoms with van der Waals surface area (Å²) in [4.78, 5) is 18.1. The minimum Gasteiger partial charge on any atom is -0.478 e. The number of aromatic nitrogens is 1. The van der Waals surface area contributed by atoms with E-state index in [2.05, 4.69) is 9.88 Å². The molecule has 29 heavy (non-hydrogen) atoms. The van der Waals surface area contributed by atoms with Crippen molar-refractivity contribution >= 4 is 17.6 Å². The third-order valence-electron chi connectivity index (χ3n) is 5.30. The van der Waals surface area contributed by atoms with Crippen LogP contribution in [0.3, 0.4) is 0 Å². The molecule has 3 aromatic rings. The van der Waals surface area contributed by atoms with Crippen molar-refractivity contribution in [3.05, 3.63) is 88.1 Å². The van der Waals surface area contributed by atoms with Crippen LogP contribution < -0.4 is 0 Å². The quantitative estimate of drug-likeness (QED) is 0.619. The zero-order valence-electron chi connectivity index (χ0n) is 16.1. The molecule has 0 bridgehead atoms. The molecule has 5 nitrogen and oxygen atoms in total. The molecule has 1 saturated heterocycles. The standard InChI is InChI=1S/C23H23ClN2O3/c24-20-8-6-16(7-9-20)12-21-13-25-22(29-21)19-5-2-10-26(15-19)14-17-3-1-4-18(11-17)23(27)28/h1,3-4,6-9,11,13,19H,2,5,10,12,14-15H2,(H,27,28). The van der Waals surface area contributed by atoms with Crippen molar-refractivity contribution < 1.29 is 14.3 Å². The zero-order valence-corrected chi connectivity index (χ0v) is 16.8. The fourth-order valence-electron chi connectivity index (χ4n) is 3.86. The predicted molar refractivity (Wildman–Crippen MR) is 111 cm³/mol. The summed E-state index contributed by atoms with van der Waals surface area (Å²) < 4.78 is 6.06. The van der Waals surface area contributed by atoms with Gasteiger partial charge in [0.25, 0.3) is 0 Å². The lowest BCUT2D eigenvalue weighted by molar-refractivity contribution is 0.0696. The summed E-state index contributed by atoms with van der Waals surface area (Å²) in [5.41, 5.74) is 2.48. The van der Waals surface area contributed by atoms with Gasteiger partial charge in [0.2, 0.25) is 0 Å². The van der Waals surface area contributed by atoms with E-state index in [1.54, 1.807) is 18.2 Å². The summed E-state index contributed by atoms with van der Waals surface area (Å²) in [5, 5.41) is 9.91. The Labute approximate surface area is 174 Å². The lowest BCUT2D eigenvalue weighted by Gasteiger charge is -2.31. The number of hydrogen-bond acceptors (Lipinski definition) is 4. The van der Waals surface area contributed by atoms with E-state index >= 15 is 0 Å². The molecule has 1 aliphatic heterocycles. The maximum absolute atomic E-state index is 11.2. The summed E-state index contributed by atoms with van der Waals surface area (Å²) in [6.45, 7) is 2.58. The van der Waals surface area contributed by atoms with Gasteiger partial charge in [0, 0.05) is 30.5 Å². The van der Waals surface area contributed by atoms with Crippen LogP contribution in [0.25, 0.3) is 0 Å². The zero-order chi connectivity index (χ0) is 20.2. The Hall–Kier alpha value is -2.63. The van der Waals surface area contributed by atoms with Gasteiger partial charge < -0.3 is 9.52 Å². The Morgan fingerprint density at radius 3 is 2.83 bits per heavy atom. The lowest BCUT2D eigenvalue weighted by atomic mass is 9.97. The fraction of sp³-hybridized carbons (Fsp3) is 0.304. The van der Waals surface area contributed by atoms with Crippen LogP contribution in [-0.4, -0.2) is 34.0 Å². The monoisotopic (exact) mass is 410 g/mol. The molecule has 6 heteroatoms. The molecule has 150 valence electrons. The van der Waals surface area contributed by atoms with Crippen LogP contribution in [0.15, 0.2) is 59.1 Å². The second kappa shape index (κ2) is 8.80. The van der Waals surface area contributed by atoms with Gasteiger partial charge in [0.1, 0.15) is 5.76 Å². The molecule has 2 heterocycles. The largest absolute Gasteiger partial charge is 0.478 e. The second-order valence-electron chi connectivity index (χ2n) is 7.55. The first-order chi connectivity index (χ1) is 14.1. The molecule has 0 saturated carbocycles. The van der Waals surface area contributed by atoms with Gasteiger partial charge in [-0.2, -0.15) is 0 Å². The van der Waals surface area contributed by atoms with E-state index in [1.807, 2.05) is 36.5 Å². The number of oxazole rings is 1. The first-order valence-electron chi connectivity index (χ1n) is 9.80. The molecule has 1 aromatic heterocycles. The summed E-state index contributed by atoms with van der Waals surface area (Å²) in [7, 11) is 0. The summed E-state index contributed by atoms with van der Waals surface area (Å²) in [6.07, 6.45) is 4.63. The van der Waals surface area contributed by atoms with Crippen molar-refractivity contribution in [2.45, 2.75) is 31.7 Å². The van der Waals surface area contributed by atoms with E-state index in [9.17, 15) is 9.90 Å². The first kappa shape index (κ1) is 19.7. The number of piperidine rings is 1. The minimum absolute atomic E-state index is 0.255. The fourth-order valence-corrected chi connectivity index (χ4v) is 3.98. The number of benzene rings is 2. The third-order valence-corrected chi connectivity index (χ3v) is 5.55. The molecule has 0 amide bonds. The van der Waals surface area contributed by atoms with E-state index in [1.165, 1.54) is 0 Å². The van der Waals surface area contributed by atoms with Gasteiger partial charge in [-0.1, -0.05) is 35.9 Å². The van der Waals surface area contributed by atoms with Crippen molar-refractivity contribution in [1.82, 2.24) is 9.88 Å². The SMILES string of the molecule is O=C(O)c1cccc(CN2CCCC(c3ncc(Cc4ccc(Cl)cc4)o3)C2)c1. The molecule has 1 aliphatic rings. The van der Waals surface area contributed by atoms with Crippen LogP contribution in [0.1, 0.15) is 51.9 Å². The topological polar surface area (TPSA) is 66.6 Å². The van der Waals surface area contributed by atoms with Gasteiger partial charge in [-0.25, -0.2) is 9.78 Å². The van der Waals surface area contributed by atoms with E-state index in [0.29, 0.717) is 12.0 Å². The van der Waals surface area contributed by atoms with Gasteiger partial charge in [0.15, 0.2) is 5.89 Å². The number of carboxylic acid groups (broad SMARTS) is 1. The van der Waals surface area contributed by atoms with Gasteiger partial charge in [-0.15, -0.1) is 0 Å². The molecule has 2 aromatic carbocycles. The smallest absolute Gasteiger partial charge is 0.335 e. The number of aromatic carboxylic acids is 1. The number of carboxylic acids is 1. The predicted octanol–water partition coefficient (Wildman–Crippen LogP) is 5.00. The van der Waals surface area contributed by atoms with Crippen LogP contribution in [0.4, 0.5) is 0 Å². The molecule has 0 spiro atoms. The van der Waals surface area contributed by atoms with E-state index in [0.717, 1.165) is 60.3 Å². The van der Waals surface area contributed by atoms with Gasteiger partial charge in [-0.3, -0.25) is 4.90 Å². The molecule has 1 fully saturated rings. The van der Waals surface area contributed by atoms with Crippen LogP contribution in [0.5, 0.6) is 0 Å². The van der Waals surface area contributed by atoms with Crippen molar-refractivity contribution in [2.24, 2.45) is 0 Å². The number of likely N-dealkylation sites (tertiary alicyclic amines) is 1. The maximum atomic E-state index is 11.2. The normalized spacial score (nSPS) is 17.3. The van der Waals surface area contributed by atoms with Crippen LogP contribution in [0, 0.1) is 0 Å². The highest BCUT2D eigenvalue weighted by Gasteiger charge is 2.25. The molecular formula is C23H23ClN2O3. The van der Waals surface area contributed by atoms with Crippen molar-refractivity contribution in [3.8, 4) is 0 Å². The van der Waals surface area contributed by atoms with Crippen molar-refractivity contribution in [1.29, 1.82) is 0 Å². The van der Waals surface area contributed by atoms with Crippen molar-refractivity contribution in [3.63, 3.8) is 0 Å². The number of rotatable bonds is 6. The van der Waals surface area contributed by atoms with Crippen molar-refractivity contribution in [2.75, 3.05) is 13.1 Å². The number of halogens is 1. The molecule has 0 aliphatic carbocycles. The number of nitrogens with zero attached hydrogens (tertiary/aromatic N) is 2. The summed E-state index contributed by atoms with van der Waals surface area (Å²) >= 11 is 5.95. The highest BCUT2D eigenvalue weighted by atomic mass is 35.5. The van der Waals surface area contributed by atoms with E-state index in [4.69, 9.17) is 16.0 Å². The summed E-state index contributed by atoms with van der Waals surface area (Å²) in [6, 6.07) is 14.9. The number of hydrogen-bond donors (Lipinski definition) is 1. The molecule has 0 radical (unpaired) electrons. The number of carbonyl (C=O) groups is 1. The second-order valence-corrected chi connectivity index (χ2v) is 7.98. The average molecular weight is 411 g/mol. The Balaban J connectivity index is 1.39. The van der Waals surface area contributed by atoms with E-state index < -0.39 is 5.97 Å². The Morgan fingerprint density at radius 2 is 2.03 bits per heavy atom. The molecule has 1 atom stereocenters. The van der Waals surface area contributed by atoms with Gasteiger partial charge in [-0.05, 0) is 54.8 Å². The summed E-state index contributed by atoms with van der Waals surface area (Å²) in [5.74, 6) is 1.01. The highest BCUT2D eigenvalue weighted by Crippen LogP contribution is 2.28. The van der Waals surface area contributed by atoms with Gasteiger partial charge >= 0.3 is 5.97 Å². The molecule has 1 unspecified atom stereocenters. The maximum Gasteiger partial charge on any atom is 0.335 e. The van der Waals surface area contributed by atoms with Gasteiger partial charge in [0.05, 0.1) is 11.8 Å². The third kappa shape index (κ3) is 5.05. The Morgan fingerprint density at radius 1 is 1.21 bits per heavy atom. The highest BCUT2D eigenvalue weighted by molar-refractivity contribution is 6.30. The average Bonchev–Trinajstić information content (AvgIpc) is 3.19. The minimum atomic E-state index is -0.892. The Kier molecular flexibility index (Phi) is 5.97. The molecular weight excluding hydrogens is 388 g/mol. The Bertz CT molecular complexity index is 984. The van der Waals surface area contributed by atoms with Crippen LogP contribution in [0.2, 0.25) is 5.02 Å². The lowest BCUT2D eigenvalue weighted by Crippen LogP contribution is -2.34. The molecule has 4 rings (SSSR count). The van der Waals surface area contributed by atoms with E-state index in [-0.39, 0.29) is 5.92 Å². The van der Waals surface area contributed by atoms with Crippen LogP contribution in [-0.2, 0) is 13.0 Å².